The Bertz CT molecular complexity index is 393. The van der Waals surface area contributed by atoms with Gasteiger partial charge in [-0.15, -0.1) is 0 Å². The van der Waals surface area contributed by atoms with E-state index in [0.29, 0.717) is 12.1 Å². The van der Waals surface area contributed by atoms with E-state index < -0.39 is 6.09 Å². The molecule has 1 aromatic carbocycles. The van der Waals surface area contributed by atoms with Gasteiger partial charge in [0.05, 0.1) is 0 Å². The van der Waals surface area contributed by atoms with E-state index in [1.807, 2.05) is 6.07 Å². The number of anilines is 1. The molecular weight excluding hydrogens is 202 g/mol. The maximum absolute atomic E-state index is 10.3. The van der Waals surface area contributed by atoms with Gasteiger partial charge in [0.1, 0.15) is 0 Å². The first kappa shape index (κ1) is 10.4. The summed E-state index contributed by atoms with van der Waals surface area (Å²) in [6, 6.07) is 7.01. The van der Waals surface area contributed by atoms with Gasteiger partial charge in [-0.1, -0.05) is 18.1 Å². The van der Waals surface area contributed by atoms with Crippen LogP contribution < -0.4 is 5.32 Å². The summed E-state index contributed by atoms with van der Waals surface area (Å²) < 4.78 is 0. The number of nitrogens with one attached hydrogen (secondary N) is 1. The molecule has 0 aliphatic heterocycles. The Kier molecular flexibility index (Phi) is 3.84. The van der Waals surface area contributed by atoms with Crippen molar-refractivity contribution in [3.63, 3.8) is 0 Å². The van der Waals surface area contributed by atoms with E-state index in [9.17, 15) is 4.79 Å². The van der Waals surface area contributed by atoms with Crippen molar-refractivity contribution in [3.8, 4) is 11.3 Å². The van der Waals surface area contributed by atoms with E-state index in [-0.39, 0.29) is 0 Å². The smallest absolute Gasteiger partial charge is 0.409 e. The average molecular weight is 210 g/mol. The fraction of sp³-hybridized carbons (Fsp3) is 0.100. The molecule has 0 radical (unpaired) electrons. The van der Waals surface area contributed by atoms with Crippen molar-refractivity contribution in [3.05, 3.63) is 29.8 Å². The van der Waals surface area contributed by atoms with E-state index >= 15 is 0 Å². The molecular formula is C10H8ClNO2. The molecule has 1 aromatic rings. The molecule has 0 aliphatic carbocycles. The summed E-state index contributed by atoms with van der Waals surface area (Å²) in [5.41, 5.74) is 1.45. The number of hydrogen-bond donors (Lipinski definition) is 2. The summed E-state index contributed by atoms with van der Waals surface area (Å²) in [7, 11) is 0. The van der Waals surface area contributed by atoms with Crippen molar-refractivity contribution in [2.75, 3.05) is 5.32 Å². The summed E-state index contributed by atoms with van der Waals surface area (Å²) in [4.78, 5) is 10.3. The van der Waals surface area contributed by atoms with Gasteiger partial charge < -0.3 is 5.11 Å². The van der Waals surface area contributed by atoms with Crippen molar-refractivity contribution in [2.45, 2.75) is 6.42 Å². The molecule has 0 heterocycles. The van der Waals surface area contributed by atoms with Crippen LogP contribution in [0.3, 0.4) is 0 Å². The molecule has 0 spiro atoms. The van der Waals surface area contributed by atoms with Crippen molar-refractivity contribution in [1.29, 1.82) is 0 Å². The molecule has 0 atom stereocenters. The van der Waals surface area contributed by atoms with Crippen molar-refractivity contribution in [2.24, 2.45) is 0 Å². The van der Waals surface area contributed by atoms with Crippen LogP contribution in [0.2, 0.25) is 0 Å². The Morgan fingerprint density at radius 3 is 3.00 bits per heavy atom. The van der Waals surface area contributed by atoms with Crippen LogP contribution in [0.1, 0.15) is 5.56 Å². The first-order valence-corrected chi connectivity index (χ1v) is 4.27. The fourth-order valence-electron chi connectivity index (χ4n) is 1.02. The van der Waals surface area contributed by atoms with Crippen molar-refractivity contribution < 1.29 is 9.90 Å². The van der Waals surface area contributed by atoms with Crippen molar-refractivity contribution >= 4 is 23.4 Å². The van der Waals surface area contributed by atoms with Crippen LogP contribution in [-0.2, 0) is 6.42 Å². The largest absolute Gasteiger partial charge is 0.465 e. The lowest BCUT2D eigenvalue weighted by Gasteiger charge is -2.01. The van der Waals surface area contributed by atoms with Gasteiger partial charge in [-0.3, -0.25) is 5.32 Å². The number of amides is 1. The molecule has 0 saturated heterocycles. The van der Waals surface area contributed by atoms with Crippen LogP contribution in [0.5, 0.6) is 0 Å². The number of halogens is 1. The standard InChI is InChI=1S/C10H8ClNO2/c11-6-2-4-8-3-1-5-9(7-8)12-10(13)14/h1,3,5,7,12H,4H2,(H,13,14). The third-order valence-corrected chi connectivity index (χ3v) is 1.67. The maximum Gasteiger partial charge on any atom is 0.409 e. The molecule has 2 N–H and O–H groups in total. The third kappa shape index (κ3) is 3.38. The van der Waals surface area contributed by atoms with Crippen molar-refractivity contribution in [1.82, 2.24) is 0 Å². The molecule has 0 saturated carbocycles. The first-order chi connectivity index (χ1) is 6.72. The lowest BCUT2D eigenvalue weighted by molar-refractivity contribution is 0.210. The van der Waals surface area contributed by atoms with Gasteiger partial charge >= 0.3 is 6.09 Å². The monoisotopic (exact) mass is 209 g/mol. The Morgan fingerprint density at radius 2 is 2.36 bits per heavy atom. The highest BCUT2D eigenvalue weighted by atomic mass is 35.5. The maximum atomic E-state index is 10.3. The highest BCUT2D eigenvalue weighted by molar-refractivity contribution is 6.30. The van der Waals surface area contributed by atoms with Gasteiger partial charge in [0.2, 0.25) is 0 Å². The molecule has 0 unspecified atom stereocenters. The van der Waals surface area contributed by atoms with E-state index in [4.69, 9.17) is 16.7 Å². The van der Waals surface area contributed by atoms with E-state index in [1.165, 1.54) is 0 Å². The number of carboxylic acid groups (broad SMARTS) is 1. The second kappa shape index (κ2) is 5.15. The minimum absolute atomic E-state index is 0.513. The molecule has 0 bridgehead atoms. The molecule has 4 heteroatoms. The van der Waals surface area contributed by atoms with Gasteiger partial charge in [0, 0.05) is 17.5 Å². The fourth-order valence-corrected chi connectivity index (χ4v) is 1.08. The highest BCUT2D eigenvalue weighted by Crippen LogP contribution is 2.10. The van der Waals surface area contributed by atoms with Crippen LogP contribution in [0.25, 0.3) is 0 Å². The Labute approximate surface area is 86.7 Å². The average Bonchev–Trinajstić information content (AvgIpc) is 2.14. The molecule has 72 valence electrons. The number of benzene rings is 1. The summed E-state index contributed by atoms with van der Waals surface area (Å²) >= 11 is 5.20. The molecule has 1 rings (SSSR count). The molecule has 1 amide bonds. The lowest BCUT2D eigenvalue weighted by atomic mass is 10.1. The molecule has 0 fully saturated rings. The normalized spacial score (nSPS) is 8.64. The number of carbonyl (C=O) groups is 1. The zero-order chi connectivity index (χ0) is 10.4. The van der Waals surface area contributed by atoms with Gasteiger partial charge in [-0.05, 0) is 29.3 Å². The van der Waals surface area contributed by atoms with Crippen LogP contribution in [0.4, 0.5) is 10.5 Å². The summed E-state index contributed by atoms with van der Waals surface area (Å²) in [6.07, 6.45) is -0.566. The van der Waals surface area contributed by atoms with Crippen LogP contribution in [0, 0.1) is 11.3 Å². The Balaban J connectivity index is 2.76. The van der Waals surface area contributed by atoms with Gasteiger partial charge in [0.25, 0.3) is 0 Å². The zero-order valence-electron chi connectivity index (χ0n) is 7.25. The Hall–Kier alpha value is -1.66. The van der Waals surface area contributed by atoms with Gasteiger partial charge in [-0.2, -0.15) is 0 Å². The summed E-state index contributed by atoms with van der Waals surface area (Å²) in [5, 5.41) is 13.0. The topological polar surface area (TPSA) is 49.3 Å². The minimum Gasteiger partial charge on any atom is -0.465 e. The predicted molar refractivity (Wildman–Crippen MR) is 55.4 cm³/mol. The second-order valence-corrected chi connectivity index (χ2v) is 2.77. The van der Waals surface area contributed by atoms with Crippen LogP contribution in [-0.4, -0.2) is 11.2 Å². The minimum atomic E-state index is -1.08. The quantitative estimate of drug-likeness (QED) is 0.736. The van der Waals surface area contributed by atoms with Gasteiger partial charge in [0.15, 0.2) is 0 Å². The highest BCUT2D eigenvalue weighted by Gasteiger charge is 1.97. The lowest BCUT2D eigenvalue weighted by Crippen LogP contribution is -2.07. The SMILES string of the molecule is O=C(O)Nc1cccc(CC#CCl)c1. The van der Waals surface area contributed by atoms with Crippen LogP contribution in [0.15, 0.2) is 24.3 Å². The van der Waals surface area contributed by atoms with Gasteiger partial charge in [-0.25, -0.2) is 4.79 Å². The number of hydrogen-bond acceptors (Lipinski definition) is 1. The summed E-state index contributed by atoms with van der Waals surface area (Å²) in [5.74, 6) is 2.69. The molecule has 14 heavy (non-hydrogen) atoms. The zero-order valence-corrected chi connectivity index (χ0v) is 8.01. The molecule has 0 aliphatic rings. The summed E-state index contributed by atoms with van der Waals surface area (Å²) in [6.45, 7) is 0. The Morgan fingerprint density at radius 1 is 1.57 bits per heavy atom. The van der Waals surface area contributed by atoms with E-state index in [2.05, 4.69) is 16.6 Å². The predicted octanol–water partition coefficient (Wildman–Crippen LogP) is 2.52. The first-order valence-electron chi connectivity index (χ1n) is 3.90. The van der Waals surface area contributed by atoms with E-state index in [1.54, 1.807) is 18.2 Å². The van der Waals surface area contributed by atoms with Crippen LogP contribution >= 0.6 is 11.6 Å². The molecule has 0 aromatic heterocycles. The second-order valence-electron chi connectivity index (χ2n) is 2.58. The number of rotatable bonds is 2. The molecule has 3 nitrogen and oxygen atoms in total. The third-order valence-electron chi connectivity index (χ3n) is 1.54. The van der Waals surface area contributed by atoms with E-state index in [0.717, 1.165) is 5.56 Å².